The number of ether oxygens (including phenoxy) is 1. The fourth-order valence-corrected chi connectivity index (χ4v) is 3.29. The van der Waals surface area contributed by atoms with Crippen LogP contribution in [0.1, 0.15) is 18.1 Å². The summed E-state index contributed by atoms with van der Waals surface area (Å²) in [5.74, 6) is -0.0851. The molecular weight excluding hydrogens is 335 g/mol. The summed E-state index contributed by atoms with van der Waals surface area (Å²) in [6.45, 7) is 2.15. The minimum absolute atomic E-state index is 0. The molecule has 1 aromatic carbocycles. The van der Waals surface area contributed by atoms with Crippen LogP contribution < -0.4 is 21.5 Å². The predicted octanol–water partition coefficient (Wildman–Crippen LogP) is 0.506. The lowest BCUT2D eigenvalue weighted by atomic mass is 9.89. The van der Waals surface area contributed by atoms with Gasteiger partial charge in [-0.05, 0) is 30.7 Å². The Hall–Kier alpha value is -1.25. The van der Waals surface area contributed by atoms with Gasteiger partial charge in [0.2, 0.25) is 5.91 Å². The highest BCUT2D eigenvalue weighted by Crippen LogP contribution is 2.21. The first-order valence-corrected chi connectivity index (χ1v) is 7.97. The van der Waals surface area contributed by atoms with Crippen LogP contribution in [-0.4, -0.2) is 44.7 Å². The van der Waals surface area contributed by atoms with E-state index in [1.807, 2.05) is 0 Å². The first-order valence-electron chi connectivity index (χ1n) is 7.97. The zero-order chi connectivity index (χ0) is 16.2. The SMILES string of the molecule is COC(CNC(=O)C1NNC2CCNCC21)c1ccc(F)cc1.Cl. The molecule has 4 atom stereocenters. The Bertz CT molecular complexity index is 545. The van der Waals surface area contributed by atoms with Crippen LogP contribution in [0.4, 0.5) is 4.39 Å². The second kappa shape index (κ2) is 8.73. The minimum atomic E-state index is -0.297. The van der Waals surface area contributed by atoms with Gasteiger partial charge in [-0.2, -0.15) is 0 Å². The van der Waals surface area contributed by atoms with Crippen molar-refractivity contribution in [3.8, 4) is 0 Å². The average Bonchev–Trinajstić information content (AvgIpc) is 3.01. The largest absolute Gasteiger partial charge is 0.375 e. The topological polar surface area (TPSA) is 74.4 Å². The Kier molecular flexibility index (Phi) is 6.94. The van der Waals surface area contributed by atoms with Gasteiger partial charge in [0, 0.05) is 32.2 Å². The Morgan fingerprint density at radius 2 is 2.12 bits per heavy atom. The summed E-state index contributed by atoms with van der Waals surface area (Å²) in [5, 5.41) is 6.26. The van der Waals surface area contributed by atoms with E-state index in [4.69, 9.17) is 4.74 Å². The third-order valence-corrected chi connectivity index (χ3v) is 4.65. The minimum Gasteiger partial charge on any atom is -0.375 e. The van der Waals surface area contributed by atoms with Crippen LogP contribution in [0.15, 0.2) is 24.3 Å². The van der Waals surface area contributed by atoms with E-state index in [9.17, 15) is 9.18 Å². The van der Waals surface area contributed by atoms with Crippen molar-refractivity contribution in [2.75, 3.05) is 26.7 Å². The number of methoxy groups -OCH3 is 1. The molecule has 4 unspecified atom stereocenters. The van der Waals surface area contributed by atoms with Crippen LogP contribution in [0, 0.1) is 11.7 Å². The van der Waals surface area contributed by atoms with Gasteiger partial charge in [-0.15, -0.1) is 12.4 Å². The van der Waals surface area contributed by atoms with E-state index in [1.54, 1.807) is 19.2 Å². The highest BCUT2D eigenvalue weighted by molar-refractivity contribution is 5.85. The van der Waals surface area contributed by atoms with Gasteiger partial charge in [0.1, 0.15) is 11.9 Å². The van der Waals surface area contributed by atoms with E-state index >= 15 is 0 Å². The highest BCUT2D eigenvalue weighted by atomic mass is 35.5. The number of fused-ring (bicyclic) bond motifs is 1. The number of hydrogen-bond acceptors (Lipinski definition) is 5. The number of piperidine rings is 1. The van der Waals surface area contributed by atoms with Crippen LogP contribution in [-0.2, 0) is 9.53 Å². The Balaban J connectivity index is 0.00000208. The number of halogens is 2. The van der Waals surface area contributed by atoms with Crippen LogP contribution in [0.25, 0.3) is 0 Å². The number of carbonyl (C=O) groups is 1. The van der Waals surface area contributed by atoms with Crippen molar-refractivity contribution in [2.24, 2.45) is 5.92 Å². The van der Waals surface area contributed by atoms with E-state index < -0.39 is 0 Å². The van der Waals surface area contributed by atoms with Crippen molar-refractivity contribution >= 4 is 18.3 Å². The monoisotopic (exact) mass is 358 g/mol. The number of nitrogens with one attached hydrogen (secondary N) is 4. The van der Waals surface area contributed by atoms with Crippen LogP contribution in [0.5, 0.6) is 0 Å². The van der Waals surface area contributed by atoms with Crippen molar-refractivity contribution in [3.63, 3.8) is 0 Å². The molecule has 0 radical (unpaired) electrons. The van der Waals surface area contributed by atoms with E-state index in [2.05, 4.69) is 21.5 Å². The van der Waals surface area contributed by atoms with Crippen molar-refractivity contribution in [1.82, 2.24) is 21.5 Å². The number of benzene rings is 1. The highest BCUT2D eigenvalue weighted by Gasteiger charge is 2.41. The van der Waals surface area contributed by atoms with Gasteiger partial charge in [-0.1, -0.05) is 12.1 Å². The number of hydrazine groups is 1. The quantitative estimate of drug-likeness (QED) is 0.617. The molecule has 134 valence electrons. The zero-order valence-corrected chi connectivity index (χ0v) is 14.4. The van der Waals surface area contributed by atoms with Gasteiger partial charge in [-0.25, -0.2) is 9.82 Å². The normalized spacial score (nSPS) is 27.0. The van der Waals surface area contributed by atoms with Gasteiger partial charge in [0.05, 0.1) is 6.10 Å². The van der Waals surface area contributed by atoms with Gasteiger partial charge in [-0.3, -0.25) is 10.2 Å². The molecule has 8 heteroatoms. The van der Waals surface area contributed by atoms with E-state index in [-0.39, 0.29) is 42.2 Å². The number of hydrogen-bond donors (Lipinski definition) is 4. The number of amides is 1. The number of carbonyl (C=O) groups excluding carboxylic acids is 1. The molecule has 0 bridgehead atoms. The lowest BCUT2D eigenvalue weighted by Crippen LogP contribution is -2.49. The molecule has 1 aromatic rings. The van der Waals surface area contributed by atoms with Crippen molar-refractivity contribution in [2.45, 2.75) is 24.6 Å². The maximum Gasteiger partial charge on any atom is 0.238 e. The summed E-state index contributed by atoms with van der Waals surface area (Å²) in [7, 11) is 1.58. The first kappa shape index (κ1) is 19.1. The molecule has 2 heterocycles. The molecule has 0 spiro atoms. The molecule has 4 N–H and O–H groups in total. The molecule has 2 fully saturated rings. The summed E-state index contributed by atoms with van der Waals surface area (Å²) in [6, 6.07) is 6.22. The fourth-order valence-electron chi connectivity index (χ4n) is 3.29. The molecule has 2 aliphatic heterocycles. The fraction of sp³-hybridized carbons (Fsp3) is 0.562. The molecule has 24 heavy (non-hydrogen) atoms. The smallest absolute Gasteiger partial charge is 0.238 e. The zero-order valence-electron chi connectivity index (χ0n) is 13.5. The molecule has 0 saturated carbocycles. The summed E-state index contributed by atoms with van der Waals surface area (Å²) in [6.07, 6.45) is 0.715. The standard InChI is InChI=1S/C16H23FN4O2.ClH/c1-23-14(10-2-4-11(17)5-3-10)9-19-16(22)15-12-8-18-7-6-13(12)20-21-15;/h2-5,12-15,18,20-21H,6-9H2,1H3,(H,19,22);1H. The summed E-state index contributed by atoms with van der Waals surface area (Å²) < 4.78 is 18.4. The predicted molar refractivity (Wildman–Crippen MR) is 91.2 cm³/mol. The van der Waals surface area contributed by atoms with Crippen molar-refractivity contribution < 1.29 is 13.9 Å². The number of rotatable bonds is 5. The third-order valence-electron chi connectivity index (χ3n) is 4.65. The molecule has 2 saturated heterocycles. The summed E-state index contributed by atoms with van der Waals surface area (Å²) in [4.78, 5) is 12.4. The molecule has 0 aliphatic carbocycles. The second-order valence-corrected chi connectivity index (χ2v) is 6.05. The molecule has 3 rings (SSSR count). The Labute approximate surface area is 147 Å². The molecule has 6 nitrogen and oxygen atoms in total. The van der Waals surface area contributed by atoms with Gasteiger partial charge in [0.15, 0.2) is 0 Å². The molecular formula is C16H24ClFN4O2. The lowest BCUT2D eigenvalue weighted by molar-refractivity contribution is -0.124. The maximum atomic E-state index is 13.0. The van der Waals surface area contributed by atoms with E-state index in [0.29, 0.717) is 12.6 Å². The Morgan fingerprint density at radius 1 is 1.38 bits per heavy atom. The Morgan fingerprint density at radius 3 is 2.83 bits per heavy atom. The second-order valence-electron chi connectivity index (χ2n) is 6.05. The first-order chi connectivity index (χ1) is 11.2. The third kappa shape index (κ3) is 4.23. The van der Waals surface area contributed by atoms with Crippen LogP contribution in [0.2, 0.25) is 0 Å². The van der Waals surface area contributed by atoms with Gasteiger partial charge in [0.25, 0.3) is 0 Å². The molecule has 1 amide bonds. The van der Waals surface area contributed by atoms with Crippen molar-refractivity contribution in [3.05, 3.63) is 35.6 Å². The molecule has 2 aliphatic rings. The lowest BCUT2D eigenvalue weighted by Gasteiger charge is -2.27. The average molecular weight is 359 g/mol. The summed E-state index contributed by atoms with van der Waals surface area (Å²) in [5.41, 5.74) is 7.14. The summed E-state index contributed by atoms with van der Waals surface area (Å²) >= 11 is 0. The van der Waals surface area contributed by atoms with Gasteiger partial charge < -0.3 is 15.4 Å². The van der Waals surface area contributed by atoms with Gasteiger partial charge >= 0.3 is 0 Å². The van der Waals surface area contributed by atoms with E-state index in [1.165, 1.54) is 12.1 Å². The van der Waals surface area contributed by atoms with Crippen molar-refractivity contribution in [1.29, 1.82) is 0 Å². The van der Waals surface area contributed by atoms with Crippen LogP contribution in [0.3, 0.4) is 0 Å². The van der Waals surface area contributed by atoms with Crippen LogP contribution >= 0.6 is 12.4 Å². The molecule has 0 aromatic heterocycles. The van der Waals surface area contributed by atoms with E-state index in [0.717, 1.165) is 25.1 Å². The maximum absolute atomic E-state index is 13.0.